The van der Waals surface area contributed by atoms with Crippen molar-refractivity contribution in [1.82, 2.24) is 15.0 Å². The SMILES string of the molecule is NC(=O)Cc1cccc(-c2c[nH]c3ncc(-c4cccnc4)cc23)c1. The molecule has 3 N–H and O–H groups in total. The Bertz CT molecular complexity index is 1050. The van der Waals surface area contributed by atoms with Crippen LogP contribution in [0.1, 0.15) is 5.56 Å². The largest absolute Gasteiger partial charge is 0.369 e. The number of aromatic nitrogens is 3. The second-order valence-electron chi connectivity index (χ2n) is 5.91. The molecule has 3 heterocycles. The number of nitrogens with two attached hydrogens (primary N) is 1. The average Bonchev–Trinajstić information content (AvgIpc) is 3.05. The van der Waals surface area contributed by atoms with Gasteiger partial charge in [-0.2, -0.15) is 0 Å². The zero-order chi connectivity index (χ0) is 17.2. The number of carbonyl (C=O) groups is 1. The van der Waals surface area contributed by atoms with Crippen molar-refractivity contribution in [2.45, 2.75) is 6.42 Å². The zero-order valence-electron chi connectivity index (χ0n) is 13.4. The minimum absolute atomic E-state index is 0.232. The van der Waals surface area contributed by atoms with Gasteiger partial charge in [0.1, 0.15) is 5.65 Å². The van der Waals surface area contributed by atoms with E-state index in [0.29, 0.717) is 0 Å². The average molecular weight is 328 g/mol. The molecule has 0 spiro atoms. The summed E-state index contributed by atoms with van der Waals surface area (Å²) in [6.45, 7) is 0. The second kappa shape index (κ2) is 6.20. The molecule has 1 amide bonds. The van der Waals surface area contributed by atoms with E-state index >= 15 is 0 Å². The molecule has 0 aliphatic heterocycles. The zero-order valence-corrected chi connectivity index (χ0v) is 13.4. The molecule has 5 heteroatoms. The molecule has 0 unspecified atom stereocenters. The summed E-state index contributed by atoms with van der Waals surface area (Å²) in [6.07, 6.45) is 7.58. The van der Waals surface area contributed by atoms with Gasteiger partial charge in [-0.05, 0) is 23.3 Å². The Morgan fingerprint density at radius 3 is 2.72 bits per heavy atom. The molecule has 25 heavy (non-hydrogen) atoms. The fourth-order valence-corrected chi connectivity index (χ4v) is 2.98. The summed E-state index contributed by atoms with van der Waals surface area (Å²) in [5, 5.41) is 1.03. The van der Waals surface area contributed by atoms with E-state index in [-0.39, 0.29) is 12.3 Å². The normalized spacial score (nSPS) is 10.9. The predicted molar refractivity (Wildman–Crippen MR) is 97.7 cm³/mol. The van der Waals surface area contributed by atoms with Gasteiger partial charge in [0.2, 0.25) is 5.91 Å². The van der Waals surface area contributed by atoms with E-state index in [4.69, 9.17) is 5.73 Å². The van der Waals surface area contributed by atoms with Crippen molar-refractivity contribution < 1.29 is 4.79 Å². The Labute approximate surface area is 144 Å². The van der Waals surface area contributed by atoms with E-state index in [2.05, 4.69) is 21.0 Å². The number of H-pyrrole nitrogens is 1. The maximum absolute atomic E-state index is 11.2. The van der Waals surface area contributed by atoms with Gasteiger partial charge in [0, 0.05) is 46.9 Å². The first-order chi connectivity index (χ1) is 12.2. The van der Waals surface area contributed by atoms with Gasteiger partial charge in [0.15, 0.2) is 0 Å². The number of amides is 1. The van der Waals surface area contributed by atoms with Crippen LogP contribution in [0.4, 0.5) is 0 Å². The third-order valence-corrected chi connectivity index (χ3v) is 4.14. The summed E-state index contributed by atoms with van der Waals surface area (Å²) in [5.74, 6) is -0.336. The van der Waals surface area contributed by atoms with Crippen LogP contribution in [0.15, 0.2) is 67.3 Å². The molecule has 0 saturated heterocycles. The van der Waals surface area contributed by atoms with Crippen LogP contribution >= 0.6 is 0 Å². The van der Waals surface area contributed by atoms with Crippen LogP contribution in [0.2, 0.25) is 0 Å². The van der Waals surface area contributed by atoms with Crippen molar-refractivity contribution in [3.05, 3.63) is 72.8 Å². The number of pyridine rings is 2. The minimum atomic E-state index is -0.336. The van der Waals surface area contributed by atoms with Gasteiger partial charge in [0.25, 0.3) is 0 Å². The lowest BCUT2D eigenvalue weighted by atomic mass is 10.0. The molecule has 0 aliphatic carbocycles. The van der Waals surface area contributed by atoms with E-state index in [0.717, 1.165) is 38.9 Å². The van der Waals surface area contributed by atoms with E-state index in [1.807, 2.05) is 55.0 Å². The lowest BCUT2D eigenvalue weighted by molar-refractivity contribution is -0.117. The fraction of sp³-hybridized carbons (Fsp3) is 0.0500. The van der Waals surface area contributed by atoms with Crippen LogP contribution in [0.5, 0.6) is 0 Å². The lowest BCUT2D eigenvalue weighted by Crippen LogP contribution is -2.13. The van der Waals surface area contributed by atoms with Gasteiger partial charge in [-0.15, -0.1) is 0 Å². The molecule has 0 aliphatic rings. The molecule has 0 radical (unpaired) electrons. The summed E-state index contributed by atoms with van der Waals surface area (Å²) >= 11 is 0. The van der Waals surface area contributed by atoms with Gasteiger partial charge in [0.05, 0.1) is 6.42 Å². The van der Waals surface area contributed by atoms with Crippen LogP contribution in [0.3, 0.4) is 0 Å². The molecule has 4 aromatic rings. The number of rotatable bonds is 4. The summed E-state index contributed by atoms with van der Waals surface area (Å²) < 4.78 is 0. The quantitative estimate of drug-likeness (QED) is 0.602. The summed E-state index contributed by atoms with van der Waals surface area (Å²) in [4.78, 5) is 23.1. The van der Waals surface area contributed by atoms with E-state index in [1.165, 1.54) is 0 Å². The molecular formula is C20H16N4O. The van der Waals surface area contributed by atoms with Gasteiger partial charge in [-0.3, -0.25) is 9.78 Å². The van der Waals surface area contributed by atoms with Crippen molar-refractivity contribution in [3.8, 4) is 22.3 Å². The van der Waals surface area contributed by atoms with Gasteiger partial charge in [-0.25, -0.2) is 4.98 Å². The van der Waals surface area contributed by atoms with Crippen molar-refractivity contribution in [3.63, 3.8) is 0 Å². The summed E-state index contributed by atoms with van der Waals surface area (Å²) in [7, 11) is 0. The van der Waals surface area contributed by atoms with E-state index < -0.39 is 0 Å². The highest BCUT2D eigenvalue weighted by Crippen LogP contribution is 2.31. The van der Waals surface area contributed by atoms with Gasteiger partial charge in [-0.1, -0.05) is 30.3 Å². The maximum atomic E-state index is 11.2. The van der Waals surface area contributed by atoms with Gasteiger partial charge >= 0.3 is 0 Å². The molecule has 0 bridgehead atoms. The molecule has 0 atom stereocenters. The molecule has 3 aromatic heterocycles. The van der Waals surface area contributed by atoms with Crippen LogP contribution in [-0.4, -0.2) is 20.9 Å². The Morgan fingerprint density at radius 1 is 1.04 bits per heavy atom. The molecule has 4 rings (SSSR count). The molecule has 122 valence electrons. The molecule has 1 aromatic carbocycles. The van der Waals surface area contributed by atoms with Crippen molar-refractivity contribution >= 4 is 16.9 Å². The Kier molecular flexibility index (Phi) is 3.74. The maximum Gasteiger partial charge on any atom is 0.221 e. The third kappa shape index (κ3) is 2.99. The fourth-order valence-electron chi connectivity index (χ4n) is 2.98. The number of aromatic amines is 1. The molecular weight excluding hydrogens is 312 g/mol. The first-order valence-corrected chi connectivity index (χ1v) is 7.96. The number of carbonyl (C=O) groups excluding carboxylic acids is 1. The van der Waals surface area contributed by atoms with Crippen LogP contribution in [0.25, 0.3) is 33.3 Å². The number of nitrogens with zero attached hydrogens (tertiary/aromatic N) is 2. The Balaban J connectivity index is 1.81. The number of hydrogen-bond donors (Lipinski definition) is 2. The Morgan fingerprint density at radius 2 is 1.92 bits per heavy atom. The number of primary amides is 1. The standard InChI is InChI=1S/C20H16N4O/c21-19(25)8-13-3-1-4-14(7-13)18-12-24-20-17(18)9-16(11-23-20)15-5-2-6-22-10-15/h1-7,9-12H,8H2,(H2,21,25)(H,23,24). The topological polar surface area (TPSA) is 84.7 Å². The van der Waals surface area contributed by atoms with E-state index in [9.17, 15) is 4.79 Å². The van der Waals surface area contributed by atoms with Crippen LogP contribution in [0, 0.1) is 0 Å². The molecule has 0 saturated carbocycles. The number of nitrogens with one attached hydrogen (secondary N) is 1. The highest BCUT2D eigenvalue weighted by Gasteiger charge is 2.10. The monoisotopic (exact) mass is 328 g/mol. The number of fused-ring (bicyclic) bond motifs is 1. The molecule has 5 nitrogen and oxygen atoms in total. The number of benzene rings is 1. The summed E-state index contributed by atoms with van der Waals surface area (Å²) in [6, 6.07) is 13.9. The summed E-state index contributed by atoms with van der Waals surface area (Å²) in [5.41, 5.74) is 11.1. The molecule has 0 fully saturated rings. The first-order valence-electron chi connectivity index (χ1n) is 7.96. The highest BCUT2D eigenvalue weighted by molar-refractivity contribution is 5.96. The van der Waals surface area contributed by atoms with Crippen molar-refractivity contribution in [1.29, 1.82) is 0 Å². The van der Waals surface area contributed by atoms with E-state index in [1.54, 1.807) is 6.20 Å². The Hall–Kier alpha value is -3.47. The van der Waals surface area contributed by atoms with Gasteiger partial charge < -0.3 is 10.7 Å². The number of hydrogen-bond acceptors (Lipinski definition) is 3. The first kappa shape index (κ1) is 15.1. The van der Waals surface area contributed by atoms with Crippen molar-refractivity contribution in [2.24, 2.45) is 5.73 Å². The minimum Gasteiger partial charge on any atom is -0.369 e. The lowest BCUT2D eigenvalue weighted by Gasteiger charge is -2.05. The third-order valence-electron chi connectivity index (χ3n) is 4.14. The second-order valence-corrected chi connectivity index (χ2v) is 5.91. The van der Waals surface area contributed by atoms with Crippen LogP contribution in [-0.2, 0) is 11.2 Å². The predicted octanol–water partition coefficient (Wildman–Crippen LogP) is 3.32. The highest BCUT2D eigenvalue weighted by atomic mass is 16.1. The smallest absolute Gasteiger partial charge is 0.221 e. The van der Waals surface area contributed by atoms with Crippen molar-refractivity contribution in [2.75, 3.05) is 0 Å². The van der Waals surface area contributed by atoms with Crippen LogP contribution < -0.4 is 5.73 Å².